The first-order valence-corrected chi connectivity index (χ1v) is 12.5. The molecule has 1 saturated carbocycles. The van der Waals surface area contributed by atoms with Crippen LogP contribution in [0, 0.1) is 11.3 Å². The van der Waals surface area contributed by atoms with E-state index in [1.807, 2.05) is 6.07 Å². The van der Waals surface area contributed by atoms with E-state index in [0.717, 1.165) is 6.42 Å². The summed E-state index contributed by atoms with van der Waals surface area (Å²) < 4.78 is 7.12. The third kappa shape index (κ3) is 4.15. The number of aliphatic hydroxyl groups excluding tert-OH is 1. The number of hydrogen-bond acceptors (Lipinski definition) is 2. The molecule has 30 heavy (non-hydrogen) atoms. The van der Waals surface area contributed by atoms with Gasteiger partial charge in [-0.25, -0.2) is 0 Å². The van der Waals surface area contributed by atoms with Gasteiger partial charge in [0, 0.05) is 5.41 Å². The van der Waals surface area contributed by atoms with Crippen molar-refractivity contribution in [2.75, 3.05) is 6.61 Å². The van der Waals surface area contributed by atoms with Gasteiger partial charge in [-0.05, 0) is 33.7 Å². The van der Waals surface area contributed by atoms with Crippen molar-refractivity contribution < 1.29 is 9.53 Å². The first-order chi connectivity index (χ1) is 14.5. The van der Waals surface area contributed by atoms with Gasteiger partial charge < -0.3 is 9.53 Å². The zero-order valence-electron chi connectivity index (χ0n) is 18.2. The van der Waals surface area contributed by atoms with Crippen LogP contribution in [-0.2, 0) is 9.84 Å². The Morgan fingerprint density at radius 2 is 1.33 bits per heavy atom. The second kappa shape index (κ2) is 8.50. The zero-order chi connectivity index (χ0) is 21.2. The molecule has 3 aromatic rings. The minimum Gasteiger partial charge on any atom is -0.407 e. The fourth-order valence-corrected chi connectivity index (χ4v) is 7.49. The van der Waals surface area contributed by atoms with E-state index in [9.17, 15) is 5.11 Å². The lowest BCUT2D eigenvalue weighted by atomic mass is 9.82. The highest BCUT2D eigenvalue weighted by molar-refractivity contribution is 6.80. The van der Waals surface area contributed by atoms with Gasteiger partial charge in [0.1, 0.15) is 0 Å². The van der Waals surface area contributed by atoms with E-state index in [-0.39, 0.29) is 23.5 Å². The summed E-state index contributed by atoms with van der Waals surface area (Å²) in [5.74, 6) is 0.312. The maximum atomic E-state index is 10.4. The smallest absolute Gasteiger partial charge is 0.240 e. The molecule has 3 atom stereocenters. The lowest BCUT2D eigenvalue weighted by Crippen LogP contribution is -2.51. The molecule has 0 aliphatic heterocycles. The van der Waals surface area contributed by atoms with Crippen LogP contribution >= 0.6 is 0 Å². The van der Waals surface area contributed by atoms with E-state index in [4.69, 9.17) is 4.43 Å². The Kier molecular flexibility index (Phi) is 5.96. The topological polar surface area (TPSA) is 29.5 Å². The highest BCUT2D eigenvalue weighted by Crippen LogP contribution is 2.59. The van der Waals surface area contributed by atoms with Gasteiger partial charge in [0.05, 0.1) is 12.7 Å². The van der Waals surface area contributed by atoms with Gasteiger partial charge in [0.15, 0.2) is 0 Å². The zero-order valence-corrected chi connectivity index (χ0v) is 19.3. The van der Waals surface area contributed by atoms with Crippen LogP contribution in [0.2, 0.25) is 0 Å². The van der Waals surface area contributed by atoms with Crippen LogP contribution < -0.4 is 10.4 Å². The van der Waals surface area contributed by atoms with Crippen LogP contribution in [0.15, 0.2) is 91.0 Å². The first kappa shape index (κ1) is 21.0. The predicted octanol–water partition coefficient (Wildman–Crippen LogP) is 3.91. The minimum absolute atomic E-state index is 0.0226. The molecule has 0 saturated heterocycles. The van der Waals surface area contributed by atoms with Crippen LogP contribution in [0.4, 0.5) is 0 Å². The molecule has 3 heteroatoms. The molecule has 0 heterocycles. The summed E-state index contributed by atoms with van der Waals surface area (Å²) >= 11 is 0. The molecule has 1 aliphatic carbocycles. The van der Waals surface area contributed by atoms with Crippen molar-refractivity contribution in [1.82, 2.24) is 0 Å². The number of rotatable bonds is 7. The summed E-state index contributed by atoms with van der Waals surface area (Å²) in [5, 5.41) is 13.0. The maximum Gasteiger partial charge on any atom is 0.240 e. The average molecular weight is 417 g/mol. The summed E-state index contributed by atoms with van der Waals surface area (Å²) in [6, 6.07) is 31.8. The molecule has 3 unspecified atom stereocenters. The summed E-state index contributed by atoms with van der Waals surface area (Å²) in [4.78, 5) is 0. The molecule has 1 fully saturated rings. The van der Waals surface area contributed by atoms with Crippen molar-refractivity contribution in [1.29, 1.82) is 0 Å². The summed E-state index contributed by atoms with van der Waals surface area (Å²) in [6.45, 7) is 6.97. The molecular weight excluding hydrogens is 384 g/mol. The Balaban J connectivity index is 1.69. The quantitative estimate of drug-likeness (QED) is 0.592. The minimum atomic E-state index is -1.87. The van der Waals surface area contributed by atoms with E-state index in [0.29, 0.717) is 5.92 Å². The lowest BCUT2D eigenvalue weighted by molar-refractivity contribution is 0.0564. The van der Waals surface area contributed by atoms with E-state index >= 15 is 0 Å². The normalized spacial score (nSPS) is 22.1. The van der Waals surface area contributed by atoms with Gasteiger partial charge in [-0.1, -0.05) is 112 Å². The van der Waals surface area contributed by atoms with Gasteiger partial charge in [0.25, 0.3) is 0 Å². The van der Waals surface area contributed by atoms with Gasteiger partial charge in [-0.2, -0.15) is 0 Å². The van der Waals surface area contributed by atoms with Gasteiger partial charge >= 0.3 is 0 Å². The van der Waals surface area contributed by atoms with E-state index in [1.54, 1.807) is 0 Å². The van der Waals surface area contributed by atoms with Crippen molar-refractivity contribution in [3.8, 4) is 0 Å². The number of hydrogen-bond donors (Lipinski definition) is 1. The third-order valence-corrected chi connectivity index (χ3v) is 9.02. The van der Waals surface area contributed by atoms with Crippen LogP contribution in [-0.4, -0.2) is 26.9 Å². The molecule has 0 spiro atoms. The molecule has 0 bridgehead atoms. The second-order valence-corrected chi connectivity index (χ2v) is 12.0. The second-order valence-electron chi connectivity index (χ2n) is 9.62. The Hall–Kier alpha value is -2.20. The van der Waals surface area contributed by atoms with Crippen molar-refractivity contribution in [2.45, 2.75) is 38.7 Å². The monoisotopic (exact) mass is 416 g/mol. The Morgan fingerprint density at radius 1 is 0.867 bits per heavy atom. The fraction of sp³-hybridized carbons (Fsp3) is 0.333. The van der Waals surface area contributed by atoms with Crippen LogP contribution in [0.3, 0.4) is 0 Å². The van der Waals surface area contributed by atoms with Gasteiger partial charge in [-0.3, -0.25) is 0 Å². The standard InChI is InChI=1S/C27H32O2Si/c1-26(2,3)25(24-19-27(24,20-28)21-13-7-4-8-14-21)29-30(22-15-9-5-10-16-22)23-17-11-6-12-18-23/h4-18,24-25,28,30H,19-20H2,1-3H3. The lowest BCUT2D eigenvalue weighted by Gasteiger charge is -2.36. The maximum absolute atomic E-state index is 10.4. The van der Waals surface area contributed by atoms with Crippen molar-refractivity contribution in [2.24, 2.45) is 11.3 Å². The molecule has 156 valence electrons. The Labute approximate surface area is 182 Å². The number of aliphatic hydroxyl groups is 1. The molecule has 3 aromatic carbocycles. The summed E-state index contributed by atoms with van der Waals surface area (Å²) in [6.07, 6.45) is 1.04. The molecule has 0 aromatic heterocycles. The van der Waals surface area contributed by atoms with E-state index in [2.05, 4.69) is 106 Å². The summed E-state index contributed by atoms with van der Waals surface area (Å²) in [5.41, 5.74) is 1.02. The van der Waals surface area contributed by atoms with Crippen LogP contribution in [0.5, 0.6) is 0 Å². The van der Waals surface area contributed by atoms with E-state index in [1.165, 1.54) is 15.9 Å². The molecule has 2 nitrogen and oxygen atoms in total. The van der Waals surface area contributed by atoms with Gasteiger partial charge in [0.2, 0.25) is 9.04 Å². The molecule has 0 radical (unpaired) electrons. The average Bonchev–Trinajstić information content (AvgIpc) is 3.51. The molecule has 0 amide bonds. The first-order valence-electron chi connectivity index (χ1n) is 10.9. The highest BCUT2D eigenvalue weighted by atomic mass is 28.3. The predicted molar refractivity (Wildman–Crippen MR) is 127 cm³/mol. The fourth-order valence-electron chi connectivity index (χ4n) is 4.76. The molecule has 1 aliphatic rings. The summed E-state index contributed by atoms with van der Waals surface area (Å²) in [7, 11) is -1.87. The van der Waals surface area contributed by atoms with Crippen LogP contribution in [0.25, 0.3) is 0 Å². The third-order valence-electron chi connectivity index (χ3n) is 6.47. The van der Waals surface area contributed by atoms with Crippen LogP contribution in [0.1, 0.15) is 32.8 Å². The molecule has 4 rings (SSSR count). The van der Waals surface area contributed by atoms with Crippen molar-refractivity contribution in [3.05, 3.63) is 96.6 Å². The highest BCUT2D eigenvalue weighted by Gasteiger charge is 2.60. The largest absolute Gasteiger partial charge is 0.407 e. The van der Waals surface area contributed by atoms with Crippen molar-refractivity contribution >= 4 is 19.4 Å². The number of benzene rings is 3. The molecular formula is C27H32O2Si. The van der Waals surface area contributed by atoms with Crippen molar-refractivity contribution in [3.63, 3.8) is 0 Å². The van der Waals surface area contributed by atoms with Gasteiger partial charge in [-0.15, -0.1) is 0 Å². The Morgan fingerprint density at radius 3 is 1.77 bits per heavy atom. The Bertz CT molecular complexity index is 897. The molecule has 1 N–H and O–H groups in total. The SMILES string of the molecule is CC(C)(C)C(O[SiH](c1ccccc1)c1ccccc1)C1CC1(CO)c1ccccc1. The van der Waals surface area contributed by atoms with E-state index < -0.39 is 9.04 Å².